The average Bonchev–Trinajstić information content (AvgIpc) is 3.12. The van der Waals surface area contributed by atoms with Gasteiger partial charge in [-0.2, -0.15) is 0 Å². The van der Waals surface area contributed by atoms with Crippen LogP contribution >= 0.6 is 0 Å². The lowest BCUT2D eigenvalue weighted by molar-refractivity contribution is 0.0746. The summed E-state index contributed by atoms with van der Waals surface area (Å²) in [5.74, 6) is 1.31. The topological polar surface area (TPSA) is 74.5 Å². The highest BCUT2D eigenvalue weighted by Crippen LogP contribution is 2.20. The molecule has 7 nitrogen and oxygen atoms in total. The highest BCUT2D eigenvalue weighted by molar-refractivity contribution is 5.95. The lowest BCUT2D eigenvalue weighted by atomic mass is 10.1. The van der Waals surface area contributed by atoms with Gasteiger partial charge in [0.1, 0.15) is 5.76 Å². The van der Waals surface area contributed by atoms with Gasteiger partial charge < -0.3 is 19.6 Å². The maximum absolute atomic E-state index is 12.9. The van der Waals surface area contributed by atoms with Crippen LogP contribution in [0.15, 0.2) is 53.3 Å². The fourth-order valence-corrected chi connectivity index (χ4v) is 3.37. The number of aryl methyl sites for hydroxylation is 2. The summed E-state index contributed by atoms with van der Waals surface area (Å²) in [4.78, 5) is 21.3. The van der Waals surface area contributed by atoms with Crippen LogP contribution < -0.4 is 10.2 Å². The van der Waals surface area contributed by atoms with Crippen molar-refractivity contribution >= 4 is 23.1 Å². The molecular weight excluding hydrogens is 354 g/mol. The van der Waals surface area contributed by atoms with E-state index in [1.165, 1.54) is 11.3 Å². The number of carbonyl (C=O) groups is 1. The molecule has 1 N–H and O–H groups in total. The standard InChI is InChI=1S/C21H23N5O2/c1-15-4-3-5-19(10-15)25-6-8-26(9-7-25)21(27)17-12-18(14-22-13-17)23-20-11-16(2)28-24-20/h3-5,10-14H,6-9H2,1-2H3,(H,23,24). The Kier molecular flexibility index (Phi) is 4.97. The van der Waals surface area contributed by atoms with Gasteiger partial charge in [0.05, 0.1) is 17.4 Å². The van der Waals surface area contributed by atoms with E-state index in [4.69, 9.17) is 4.52 Å². The number of pyridine rings is 1. The average molecular weight is 377 g/mol. The lowest BCUT2D eigenvalue weighted by Gasteiger charge is -2.36. The minimum atomic E-state index is -0.00336. The lowest BCUT2D eigenvalue weighted by Crippen LogP contribution is -2.48. The predicted octanol–water partition coefficient (Wildman–Crippen LogP) is 3.39. The second-order valence-corrected chi connectivity index (χ2v) is 7.03. The molecule has 0 atom stereocenters. The Labute approximate surface area is 164 Å². The molecular formula is C21H23N5O2. The minimum Gasteiger partial charge on any atom is -0.368 e. The summed E-state index contributed by atoms with van der Waals surface area (Å²) in [7, 11) is 0. The number of anilines is 3. The van der Waals surface area contributed by atoms with Crippen molar-refractivity contribution < 1.29 is 9.32 Å². The van der Waals surface area contributed by atoms with Gasteiger partial charge in [0, 0.05) is 44.1 Å². The van der Waals surface area contributed by atoms with E-state index in [9.17, 15) is 4.79 Å². The van der Waals surface area contributed by atoms with Gasteiger partial charge in [0.25, 0.3) is 5.91 Å². The van der Waals surface area contributed by atoms with Gasteiger partial charge >= 0.3 is 0 Å². The molecule has 1 aromatic carbocycles. The van der Waals surface area contributed by atoms with E-state index in [1.54, 1.807) is 24.5 Å². The molecule has 28 heavy (non-hydrogen) atoms. The fourth-order valence-electron chi connectivity index (χ4n) is 3.37. The summed E-state index contributed by atoms with van der Waals surface area (Å²) >= 11 is 0. The Balaban J connectivity index is 1.40. The first kappa shape index (κ1) is 18.0. The van der Waals surface area contributed by atoms with Crippen molar-refractivity contribution in [1.82, 2.24) is 15.0 Å². The van der Waals surface area contributed by atoms with Crippen molar-refractivity contribution in [3.8, 4) is 0 Å². The fraction of sp³-hybridized carbons (Fsp3) is 0.286. The number of carbonyl (C=O) groups excluding carboxylic acids is 1. The van der Waals surface area contributed by atoms with E-state index in [1.807, 2.05) is 11.8 Å². The van der Waals surface area contributed by atoms with E-state index >= 15 is 0 Å². The van der Waals surface area contributed by atoms with Crippen LogP contribution in [-0.2, 0) is 0 Å². The third-order valence-corrected chi connectivity index (χ3v) is 4.82. The molecule has 1 aliphatic heterocycles. The van der Waals surface area contributed by atoms with Crippen LogP contribution in [0.1, 0.15) is 21.7 Å². The molecule has 144 valence electrons. The zero-order valence-corrected chi connectivity index (χ0v) is 16.1. The van der Waals surface area contributed by atoms with Crippen molar-refractivity contribution in [2.45, 2.75) is 13.8 Å². The number of aromatic nitrogens is 2. The Hall–Kier alpha value is -3.35. The molecule has 0 saturated carbocycles. The molecule has 4 rings (SSSR count). The van der Waals surface area contributed by atoms with E-state index in [0.717, 1.165) is 13.1 Å². The van der Waals surface area contributed by atoms with Gasteiger partial charge in [-0.25, -0.2) is 0 Å². The second-order valence-electron chi connectivity index (χ2n) is 7.03. The normalized spacial score (nSPS) is 14.2. The largest absolute Gasteiger partial charge is 0.368 e. The van der Waals surface area contributed by atoms with Gasteiger partial charge in [-0.15, -0.1) is 0 Å². The van der Waals surface area contributed by atoms with Crippen molar-refractivity contribution in [3.05, 3.63) is 65.7 Å². The van der Waals surface area contributed by atoms with E-state index in [-0.39, 0.29) is 5.91 Å². The molecule has 1 aliphatic rings. The highest BCUT2D eigenvalue weighted by atomic mass is 16.5. The Bertz CT molecular complexity index is 976. The van der Waals surface area contributed by atoms with Gasteiger partial charge in [0.2, 0.25) is 0 Å². The van der Waals surface area contributed by atoms with Crippen LogP contribution in [0, 0.1) is 13.8 Å². The van der Waals surface area contributed by atoms with Crippen molar-refractivity contribution in [2.75, 3.05) is 36.4 Å². The number of hydrogen-bond donors (Lipinski definition) is 1. The molecule has 0 aliphatic carbocycles. The molecule has 0 bridgehead atoms. The number of amides is 1. The van der Waals surface area contributed by atoms with Crippen molar-refractivity contribution in [3.63, 3.8) is 0 Å². The third kappa shape index (κ3) is 3.98. The van der Waals surface area contributed by atoms with Crippen molar-refractivity contribution in [2.24, 2.45) is 0 Å². The van der Waals surface area contributed by atoms with Gasteiger partial charge in [-0.05, 0) is 37.6 Å². The number of piperazine rings is 1. The molecule has 0 spiro atoms. The zero-order chi connectivity index (χ0) is 19.5. The molecule has 7 heteroatoms. The SMILES string of the molecule is Cc1cccc(N2CCN(C(=O)c3cncc(Nc4cc(C)on4)c3)CC2)c1. The number of nitrogens with zero attached hydrogens (tertiary/aromatic N) is 4. The first-order chi connectivity index (χ1) is 13.6. The number of benzene rings is 1. The van der Waals surface area contributed by atoms with E-state index < -0.39 is 0 Å². The quantitative estimate of drug-likeness (QED) is 0.751. The molecule has 1 saturated heterocycles. The van der Waals surface area contributed by atoms with E-state index in [2.05, 4.69) is 51.5 Å². The molecule has 1 fully saturated rings. The summed E-state index contributed by atoms with van der Waals surface area (Å²) in [6.45, 7) is 6.93. The van der Waals surface area contributed by atoms with Crippen LogP contribution in [0.2, 0.25) is 0 Å². The molecule has 3 heterocycles. The van der Waals surface area contributed by atoms with Crippen LogP contribution in [0.25, 0.3) is 0 Å². The highest BCUT2D eigenvalue weighted by Gasteiger charge is 2.23. The van der Waals surface area contributed by atoms with Gasteiger partial charge in [-0.1, -0.05) is 17.3 Å². The van der Waals surface area contributed by atoms with Crippen LogP contribution in [0.4, 0.5) is 17.2 Å². The number of rotatable bonds is 4. The number of hydrogen-bond acceptors (Lipinski definition) is 6. The first-order valence-electron chi connectivity index (χ1n) is 9.35. The summed E-state index contributed by atoms with van der Waals surface area (Å²) in [5, 5.41) is 7.01. The maximum atomic E-state index is 12.9. The smallest absolute Gasteiger partial charge is 0.255 e. The van der Waals surface area contributed by atoms with Crippen LogP contribution in [0.3, 0.4) is 0 Å². The molecule has 2 aromatic heterocycles. The monoisotopic (exact) mass is 377 g/mol. The Morgan fingerprint density at radius 1 is 1.07 bits per heavy atom. The van der Waals surface area contributed by atoms with E-state index in [0.29, 0.717) is 35.9 Å². The number of nitrogens with one attached hydrogen (secondary N) is 1. The van der Waals surface area contributed by atoms with Gasteiger partial charge in [0.15, 0.2) is 5.82 Å². The van der Waals surface area contributed by atoms with Gasteiger partial charge in [-0.3, -0.25) is 9.78 Å². The second kappa shape index (κ2) is 7.72. The first-order valence-corrected chi connectivity index (χ1v) is 9.35. The molecule has 1 amide bonds. The summed E-state index contributed by atoms with van der Waals surface area (Å²) in [6, 6.07) is 12.1. The third-order valence-electron chi connectivity index (χ3n) is 4.82. The minimum absolute atomic E-state index is 0.00336. The Morgan fingerprint density at radius 2 is 1.89 bits per heavy atom. The Morgan fingerprint density at radius 3 is 2.61 bits per heavy atom. The molecule has 0 radical (unpaired) electrons. The summed E-state index contributed by atoms with van der Waals surface area (Å²) < 4.78 is 5.05. The predicted molar refractivity (Wildman–Crippen MR) is 108 cm³/mol. The van der Waals surface area contributed by atoms with Crippen molar-refractivity contribution in [1.29, 1.82) is 0 Å². The van der Waals surface area contributed by atoms with Crippen LogP contribution in [0.5, 0.6) is 0 Å². The summed E-state index contributed by atoms with van der Waals surface area (Å²) in [5.41, 5.74) is 3.73. The summed E-state index contributed by atoms with van der Waals surface area (Å²) in [6.07, 6.45) is 3.27. The molecule has 3 aromatic rings. The zero-order valence-electron chi connectivity index (χ0n) is 16.1. The molecule has 0 unspecified atom stereocenters. The van der Waals surface area contributed by atoms with Crippen LogP contribution in [-0.4, -0.2) is 47.1 Å². The maximum Gasteiger partial charge on any atom is 0.255 e.